The van der Waals surface area contributed by atoms with Crippen molar-refractivity contribution in [3.8, 4) is 11.5 Å². The molecule has 0 aliphatic heterocycles. The van der Waals surface area contributed by atoms with Crippen molar-refractivity contribution in [2.24, 2.45) is 5.10 Å². The summed E-state index contributed by atoms with van der Waals surface area (Å²) in [7, 11) is 1.47. The number of rotatable bonds is 9. The number of nitrogens with one attached hydrogen (secondary N) is 1. The Balaban J connectivity index is 2.42. The zero-order valence-electron chi connectivity index (χ0n) is 13.1. The minimum Gasteiger partial charge on any atom is -0.503 e. The predicted octanol–water partition coefficient (Wildman–Crippen LogP) is 3.97. The molecule has 0 radical (unpaired) electrons. The van der Waals surface area contributed by atoms with Gasteiger partial charge in [0.15, 0.2) is 11.5 Å². The van der Waals surface area contributed by atoms with Crippen LogP contribution in [0.1, 0.15) is 51.0 Å². The number of ether oxygens (including phenoxy) is 1. The lowest BCUT2D eigenvalue weighted by atomic mass is 10.1. The molecule has 5 nitrogen and oxygen atoms in total. The molecule has 2 N–H and O–H groups in total. The highest BCUT2D eigenvalue weighted by Crippen LogP contribution is 2.34. The number of halogens is 1. The zero-order chi connectivity index (χ0) is 16.4. The van der Waals surface area contributed by atoms with E-state index in [0.717, 1.165) is 12.8 Å². The van der Waals surface area contributed by atoms with Gasteiger partial charge in [-0.2, -0.15) is 5.10 Å². The molecule has 0 aromatic heterocycles. The Morgan fingerprint density at radius 1 is 1.36 bits per heavy atom. The van der Waals surface area contributed by atoms with Gasteiger partial charge in [-0.05, 0) is 40.0 Å². The molecule has 1 amide bonds. The third-order valence-electron chi connectivity index (χ3n) is 3.18. The van der Waals surface area contributed by atoms with Gasteiger partial charge in [-0.3, -0.25) is 4.79 Å². The van der Waals surface area contributed by atoms with Crippen molar-refractivity contribution in [1.29, 1.82) is 0 Å². The molecule has 0 aliphatic rings. The molecule has 0 unspecified atom stereocenters. The van der Waals surface area contributed by atoms with Crippen molar-refractivity contribution in [1.82, 2.24) is 5.43 Å². The number of phenols is 1. The number of carbonyl (C=O) groups excluding carboxylic acids is 1. The number of hydrogen-bond acceptors (Lipinski definition) is 4. The fraction of sp³-hybridized carbons (Fsp3) is 0.500. The van der Waals surface area contributed by atoms with Gasteiger partial charge in [0.05, 0.1) is 17.8 Å². The highest BCUT2D eigenvalue weighted by Gasteiger charge is 2.07. The number of hydrazone groups is 1. The molecule has 22 heavy (non-hydrogen) atoms. The molecule has 0 saturated carbocycles. The maximum Gasteiger partial charge on any atom is 0.240 e. The quantitative estimate of drug-likeness (QED) is 0.392. The summed E-state index contributed by atoms with van der Waals surface area (Å²) in [5, 5.41) is 13.6. The highest BCUT2D eigenvalue weighted by atomic mass is 79.9. The summed E-state index contributed by atoms with van der Waals surface area (Å²) in [6.45, 7) is 2.16. The van der Waals surface area contributed by atoms with Gasteiger partial charge in [0.2, 0.25) is 5.91 Å². The van der Waals surface area contributed by atoms with Crippen molar-refractivity contribution in [3.63, 3.8) is 0 Å². The zero-order valence-corrected chi connectivity index (χ0v) is 14.6. The average Bonchev–Trinajstić information content (AvgIpc) is 2.50. The first-order valence-electron chi connectivity index (χ1n) is 7.46. The first-order valence-corrected chi connectivity index (χ1v) is 8.26. The summed E-state index contributed by atoms with van der Waals surface area (Å²) in [4.78, 5) is 11.6. The van der Waals surface area contributed by atoms with E-state index >= 15 is 0 Å². The number of phenolic OH excluding ortho intramolecular Hbond substituents is 1. The maximum atomic E-state index is 11.6. The average molecular weight is 371 g/mol. The number of amides is 1. The highest BCUT2D eigenvalue weighted by molar-refractivity contribution is 9.10. The molecule has 0 aliphatic carbocycles. The van der Waals surface area contributed by atoms with Crippen LogP contribution in [0.25, 0.3) is 0 Å². The van der Waals surface area contributed by atoms with Gasteiger partial charge in [-0.25, -0.2) is 5.43 Å². The lowest BCUT2D eigenvalue weighted by molar-refractivity contribution is -0.121. The number of hydrogen-bond donors (Lipinski definition) is 2. The van der Waals surface area contributed by atoms with Crippen LogP contribution in [0.5, 0.6) is 11.5 Å². The van der Waals surface area contributed by atoms with Crippen LogP contribution >= 0.6 is 15.9 Å². The fourth-order valence-electron chi connectivity index (χ4n) is 1.95. The van der Waals surface area contributed by atoms with Crippen LogP contribution in [0.2, 0.25) is 0 Å². The van der Waals surface area contributed by atoms with Gasteiger partial charge < -0.3 is 9.84 Å². The third-order valence-corrected chi connectivity index (χ3v) is 3.79. The number of unbranched alkanes of at least 4 members (excludes halogenated alkanes) is 4. The first kappa shape index (κ1) is 18.5. The summed E-state index contributed by atoms with van der Waals surface area (Å²) < 4.78 is 5.56. The molecule has 1 aromatic rings. The Labute approximate surface area is 139 Å². The fourth-order valence-corrected chi connectivity index (χ4v) is 2.41. The lowest BCUT2D eigenvalue weighted by Crippen LogP contribution is -2.16. The largest absolute Gasteiger partial charge is 0.503 e. The molecule has 0 spiro atoms. The summed E-state index contributed by atoms with van der Waals surface area (Å²) >= 11 is 3.23. The van der Waals surface area contributed by atoms with Gasteiger partial charge in [-0.1, -0.05) is 32.6 Å². The van der Waals surface area contributed by atoms with E-state index in [1.165, 1.54) is 32.6 Å². The number of nitrogens with zero attached hydrogens (tertiary/aromatic N) is 1. The van der Waals surface area contributed by atoms with Crippen LogP contribution in [0, 0.1) is 0 Å². The van der Waals surface area contributed by atoms with Gasteiger partial charge in [0.1, 0.15) is 0 Å². The molecule has 0 atom stereocenters. The smallest absolute Gasteiger partial charge is 0.240 e. The van der Waals surface area contributed by atoms with E-state index in [-0.39, 0.29) is 11.7 Å². The van der Waals surface area contributed by atoms with Crippen molar-refractivity contribution in [2.75, 3.05) is 7.11 Å². The van der Waals surface area contributed by atoms with E-state index in [9.17, 15) is 9.90 Å². The molecule has 1 rings (SSSR count). The molecule has 0 bridgehead atoms. The number of benzene rings is 1. The van der Waals surface area contributed by atoms with Crippen molar-refractivity contribution >= 4 is 28.1 Å². The topological polar surface area (TPSA) is 70.9 Å². The van der Waals surface area contributed by atoms with E-state index < -0.39 is 0 Å². The Bertz CT molecular complexity index is 518. The maximum absolute atomic E-state index is 11.6. The van der Waals surface area contributed by atoms with Crippen molar-refractivity contribution in [2.45, 2.75) is 45.4 Å². The Hall–Kier alpha value is -1.56. The van der Waals surface area contributed by atoms with Crippen LogP contribution in [0.3, 0.4) is 0 Å². The molecule has 1 aromatic carbocycles. The molecular weight excluding hydrogens is 348 g/mol. The van der Waals surface area contributed by atoms with E-state index in [0.29, 0.717) is 22.2 Å². The summed E-state index contributed by atoms with van der Waals surface area (Å²) in [5.41, 5.74) is 3.22. The Morgan fingerprint density at radius 2 is 2.09 bits per heavy atom. The second-order valence-electron chi connectivity index (χ2n) is 5.01. The van der Waals surface area contributed by atoms with Crippen molar-refractivity contribution in [3.05, 3.63) is 22.2 Å². The number of methoxy groups -OCH3 is 1. The van der Waals surface area contributed by atoms with E-state index in [4.69, 9.17) is 4.74 Å². The van der Waals surface area contributed by atoms with Crippen LogP contribution in [-0.4, -0.2) is 24.3 Å². The van der Waals surface area contributed by atoms with Gasteiger partial charge in [-0.15, -0.1) is 0 Å². The van der Waals surface area contributed by atoms with Crippen molar-refractivity contribution < 1.29 is 14.6 Å². The minimum absolute atomic E-state index is 0.0377. The Kier molecular flexibility index (Phi) is 8.58. The number of carbonyl (C=O) groups is 1. The predicted molar refractivity (Wildman–Crippen MR) is 91.5 cm³/mol. The lowest BCUT2D eigenvalue weighted by Gasteiger charge is -2.06. The summed E-state index contributed by atoms with van der Waals surface area (Å²) in [5.74, 6) is 0.298. The molecule has 0 fully saturated rings. The third kappa shape index (κ3) is 6.47. The van der Waals surface area contributed by atoms with Crippen LogP contribution in [-0.2, 0) is 4.79 Å². The van der Waals surface area contributed by atoms with Gasteiger partial charge in [0.25, 0.3) is 0 Å². The second-order valence-corrected chi connectivity index (χ2v) is 5.87. The number of aromatic hydroxyl groups is 1. The van der Waals surface area contributed by atoms with Crippen LogP contribution < -0.4 is 10.2 Å². The minimum atomic E-state index is -0.0856. The molecule has 122 valence electrons. The van der Waals surface area contributed by atoms with Crippen LogP contribution in [0.15, 0.2) is 21.7 Å². The second kappa shape index (κ2) is 10.2. The molecule has 0 heterocycles. The first-order chi connectivity index (χ1) is 10.6. The van der Waals surface area contributed by atoms with Crippen LogP contribution in [0.4, 0.5) is 0 Å². The molecular formula is C16H23BrN2O3. The standard InChI is InChI=1S/C16H23BrN2O3/c1-3-4-5-6-7-8-15(20)19-18-11-12-9-13(17)16(21)14(10-12)22-2/h9-11,21H,3-8H2,1-2H3,(H,19,20)/b18-11+. The normalized spacial score (nSPS) is 10.9. The summed E-state index contributed by atoms with van der Waals surface area (Å²) in [6, 6.07) is 3.33. The van der Waals surface area contributed by atoms with Gasteiger partial charge in [0, 0.05) is 6.42 Å². The monoisotopic (exact) mass is 370 g/mol. The Morgan fingerprint density at radius 3 is 2.77 bits per heavy atom. The van der Waals surface area contributed by atoms with E-state index in [2.05, 4.69) is 33.4 Å². The summed E-state index contributed by atoms with van der Waals surface area (Å²) in [6.07, 6.45) is 7.56. The van der Waals surface area contributed by atoms with Gasteiger partial charge >= 0.3 is 0 Å². The SMILES string of the molecule is CCCCCCCC(=O)N/N=C/c1cc(Br)c(O)c(OC)c1. The van der Waals surface area contributed by atoms with E-state index in [1.807, 2.05) is 0 Å². The molecule has 6 heteroatoms. The molecule has 0 saturated heterocycles. The van der Waals surface area contributed by atoms with E-state index in [1.54, 1.807) is 12.1 Å².